The lowest BCUT2D eigenvalue weighted by Gasteiger charge is -2.29. The first-order valence-electron chi connectivity index (χ1n) is 12.3. The fourth-order valence-corrected chi connectivity index (χ4v) is 4.37. The molecule has 0 bridgehead atoms. The van der Waals surface area contributed by atoms with Crippen LogP contribution >= 0.6 is 0 Å². The standard InChI is InChI=1S/C25H26FN3O5/c26-20-12-16(13-28-8-10-33-11-9-28)4-5-17(20)15-34-22-3-1-2-18-19(22)14-29(25(18)32)21-6-7-23(30)27-24(21)31/h1-5,12,21H,6-11,13-15H2,(H,27,30,31)/i14D2. The van der Waals surface area contributed by atoms with Crippen molar-refractivity contribution in [2.75, 3.05) is 26.3 Å². The first-order valence-corrected chi connectivity index (χ1v) is 11.3. The average Bonchev–Trinajstić information content (AvgIpc) is 3.05. The molecule has 0 radical (unpaired) electrons. The van der Waals surface area contributed by atoms with Crippen LogP contribution < -0.4 is 10.1 Å². The number of nitrogens with zero attached hydrogens (tertiary/aromatic N) is 2. The smallest absolute Gasteiger partial charge is 0.255 e. The van der Waals surface area contributed by atoms with Crippen molar-refractivity contribution in [3.63, 3.8) is 0 Å². The third-order valence-corrected chi connectivity index (χ3v) is 6.24. The summed E-state index contributed by atoms with van der Waals surface area (Å²) in [5.74, 6) is -2.16. The molecule has 2 aromatic rings. The zero-order valence-electron chi connectivity index (χ0n) is 20.5. The highest BCUT2D eigenvalue weighted by molar-refractivity contribution is 6.05. The Kier molecular flexibility index (Phi) is 5.63. The van der Waals surface area contributed by atoms with Crippen molar-refractivity contribution < 1.29 is 31.0 Å². The van der Waals surface area contributed by atoms with Crippen molar-refractivity contribution >= 4 is 17.7 Å². The molecule has 1 atom stereocenters. The van der Waals surface area contributed by atoms with Gasteiger partial charge in [0.05, 0.1) is 22.5 Å². The van der Waals surface area contributed by atoms with Gasteiger partial charge < -0.3 is 14.4 Å². The number of carbonyl (C=O) groups excluding carboxylic acids is 3. The number of morpholine rings is 1. The molecule has 3 amide bonds. The van der Waals surface area contributed by atoms with Crippen LogP contribution in [0.5, 0.6) is 5.75 Å². The van der Waals surface area contributed by atoms with Gasteiger partial charge in [-0.1, -0.05) is 18.2 Å². The van der Waals surface area contributed by atoms with Crippen LogP contribution in [0.1, 0.15) is 42.6 Å². The third-order valence-electron chi connectivity index (χ3n) is 6.24. The lowest BCUT2D eigenvalue weighted by molar-refractivity contribution is -0.136. The fourth-order valence-electron chi connectivity index (χ4n) is 4.37. The molecule has 5 rings (SSSR count). The lowest BCUT2D eigenvalue weighted by atomic mass is 10.0. The molecule has 9 heteroatoms. The normalized spacial score (nSPS) is 23.3. The topological polar surface area (TPSA) is 88.2 Å². The number of piperidine rings is 1. The van der Waals surface area contributed by atoms with Gasteiger partial charge in [-0.15, -0.1) is 0 Å². The number of ether oxygens (including phenoxy) is 2. The van der Waals surface area contributed by atoms with Crippen molar-refractivity contribution in [2.24, 2.45) is 0 Å². The predicted octanol–water partition coefficient (Wildman–Crippen LogP) is 2.00. The number of hydrogen-bond donors (Lipinski definition) is 1. The Morgan fingerprint density at radius 3 is 2.76 bits per heavy atom. The maximum Gasteiger partial charge on any atom is 0.255 e. The van der Waals surface area contributed by atoms with E-state index in [4.69, 9.17) is 12.2 Å². The van der Waals surface area contributed by atoms with Gasteiger partial charge in [0.2, 0.25) is 11.8 Å². The maximum atomic E-state index is 14.8. The number of nitrogens with one attached hydrogen (secondary N) is 1. The summed E-state index contributed by atoms with van der Waals surface area (Å²) in [5, 5.41) is 2.17. The second-order valence-electron chi connectivity index (χ2n) is 8.54. The first kappa shape index (κ1) is 20.1. The van der Waals surface area contributed by atoms with E-state index in [2.05, 4.69) is 10.2 Å². The number of amides is 3. The molecular weight excluding hydrogens is 441 g/mol. The van der Waals surface area contributed by atoms with Crippen molar-refractivity contribution in [3.8, 4) is 5.75 Å². The van der Waals surface area contributed by atoms with E-state index in [9.17, 15) is 18.8 Å². The largest absolute Gasteiger partial charge is 0.488 e. The minimum Gasteiger partial charge on any atom is -0.488 e. The second-order valence-corrected chi connectivity index (χ2v) is 8.54. The van der Waals surface area contributed by atoms with Crippen molar-refractivity contribution in [1.82, 2.24) is 15.1 Å². The Morgan fingerprint density at radius 1 is 1.18 bits per heavy atom. The minimum absolute atomic E-state index is 0.0101. The van der Waals surface area contributed by atoms with Gasteiger partial charge in [0.1, 0.15) is 24.2 Å². The molecule has 34 heavy (non-hydrogen) atoms. The van der Waals surface area contributed by atoms with Crippen LogP contribution in [0.2, 0.25) is 0 Å². The zero-order chi connectivity index (χ0) is 25.4. The molecule has 3 heterocycles. The average molecular weight is 470 g/mol. The van der Waals surface area contributed by atoms with Crippen LogP contribution in [0, 0.1) is 5.82 Å². The van der Waals surface area contributed by atoms with E-state index in [-0.39, 0.29) is 36.3 Å². The van der Waals surface area contributed by atoms with Crippen LogP contribution in [0.3, 0.4) is 0 Å². The van der Waals surface area contributed by atoms with Gasteiger partial charge in [-0.2, -0.15) is 0 Å². The Labute approximate surface area is 199 Å². The quantitative estimate of drug-likeness (QED) is 0.652. The van der Waals surface area contributed by atoms with Gasteiger partial charge in [-0.05, 0) is 30.2 Å². The van der Waals surface area contributed by atoms with Crippen LogP contribution in [-0.4, -0.2) is 59.9 Å². The van der Waals surface area contributed by atoms with Crippen molar-refractivity contribution in [3.05, 3.63) is 64.5 Å². The van der Waals surface area contributed by atoms with Crippen molar-refractivity contribution in [2.45, 2.75) is 38.5 Å². The van der Waals surface area contributed by atoms with E-state index in [1.54, 1.807) is 12.1 Å². The highest BCUT2D eigenvalue weighted by Gasteiger charge is 2.40. The summed E-state index contributed by atoms with van der Waals surface area (Å²) in [7, 11) is 0. The van der Waals surface area contributed by atoms with Crippen molar-refractivity contribution in [1.29, 1.82) is 0 Å². The van der Waals surface area contributed by atoms with E-state index in [0.717, 1.165) is 23.6 Å². The van der Waals surface area contributed by atoms with Crippen LogP contribution in [0.25, 0.3) is 0 Å². The summed E-state index contributed by atoms with van der Waals surface area (Å²) in [4.78, 5) is 40.1. The summed E-state index contributed by atoms with van der Waals surface area (Å²) in [6, 6.07) is 8.36. The molecule has 178 valence electrons. The molecule has 0 spiro atoms. The molecular formula is C25H26FN3O5. The molecule has 0 aromatic heterocycles. The Morgan fingerprint density at radius 2 is 2.00 bits per heavy atom. The third kappa shape index (κ3) is 4.53. The second kappa shape index (κ2) is 9.52. The van der Waals surface area contributed by atoms with E-state index < -0.39 is 36.1 Å². The summed E-state index contributed by atoms with van der Waals surface area (Å²) >= 11 is 0. The number of rotatable bonds is 6. The van der Waals surface area contributed by atoms with Crippen LogP contribution in [0.4, 0.5) is 4.39 Å². The highest BCUT2D eigenvalue weighted by Crippen LogP contribution is 2.34. The maximum absolute atomic E-state index is 14.8. The van der Waals surface area contributed by atoms with Gasteiger partial charge in [0.25, 0.3) is 5.91 Å². The van der Waals surface area contributed by atoms with Gasteiger partial charge in [-0.3, -0.25) is 24.6 Å². The van der Waals surface area contributed by atoms with E-state index in [0.29, 0.717) is 25.3 Å². The molecule has 2 aromatic carbocycles. The number of benzene rings is 2. The number of imide groups is 1. The van der Waals surface area contributed by atoms with Gasteiger partial charge in [0.15, 0.2) is 0 Å². The summed E-state index contributed by atoms with van der Waals surface area (Å²) in [5.41, 5.74) is 1.19. The number of carbonyl (C=O) groups is 3. The number of hydrogen-bond acceptors (Lipinski definition) is 6. The van der Waals surface area contributed by atoms with E-state index >= 15 is 0 Å². The minimum atomic E-state index is -2.36. The summed E-state index contributed by atoms with van der Waals surface area (Å²) < 4.78 is 43.4. The van der Waals surface area contributed by atoms with E-state index in [1.807, 2.05) is 6.07 Å². The molecule has 0 aliphatic carbocycles. The van der Waals surface area contributed by atoms with Gasteiger partial charge >= 0.3 is 0 Å². The molecule has 2 fully saturated rings. The number of fused-ring (bicyclic) bond motifs is 1. The molecule has 3 aliphatic heterocycles. The first-order chi connectivity index (χ1) is 17.3. The Bertz CT molecular complexity index is 1220. The van der Waals surface area contributed by atoms with Gasteiger partial charge in [-0.25, -0.2) is 4.39 Å². The summed E-state index contributed by atoms with van der Waals surface area (Å²) in [6.45, 7) is 1.00. The zero-order valence-corrected chi connectivity index (χ0v) is 18.5. The molecule has 2 saturated heterocycles. The van der Waals surface area contributed by atoms with Crippen LogP contribution in [-0.2, 0) is 34.0 Å². The fraction of sp³-hybridized carbons (Fsp3) is 0.400. The Balaban J connectivity index is 1.33. The molecule has 1 N–H and O–H groups in total. The molecule has 3 aliphatic rings. The molecule has 8 nitrogen and oxygen atoms in total. The summed E-state index contributed by atoms with van der Waals surface area (Å²) in [6.07, 6.45) is 0.0406. The van der Waals surface area contributed by atoms with Crippen LogP contribution in [0.15, 0.2) is 36.4 Å². The van der Waals surface area contributed by atoms with Gasteiger partial charge in [0, 0.05) is 42.7 Å². The molecule has 0 saturated carbocycles. The lowest BCUT2D eigenvalue weighted by Crippen LogP contribution is -2.52. The Hall–Kier alpha value is -3.30. The molecule has 1 unspecified atom stereocenters. The highest BCUT2D eigenvalue weighted by atomic mass is 19.1. The van der Waals surface area contributed by atoms with E-state index in [1.165, 1.54) is 18.2 Å². The monoisotopic (exact) mass is 469 g/mol. The SMILES string of the molecule is [2H]C1([2H])c2c(OCc3ccc(CN4CCOCC4)cc3F)cccc2C(=O)N1C1CCC(=O)NC1=O. The number of halogens is 1. The predicted molar refractivity (Wildman–Crippen MR) is 119 cm³/mol.